The molecular formula is C10H8KNO2. The van der Waals surface area contributed by atoms with Gasteiger partial charge in [-0.05, 0) is 0 Å². The summed E-state index contributed by atoms with van der Waals surface area (Å²) in [6.07, 6.45) is 0. The molecule has 0 saturated heterocycles. The van der Waals surface area contributed by atoms with Crippen LogP contribution < -0.4 is 4.53 Å². The fourth-order valence-corrected chi connectivity index (χ4v) is 2.38. The van der Waals surface area contributed by atoms with Gasteiger partial charge >= 0.3 is 117 Å². The zero-order chi connectivity index (χ0) is 10.1. The molecule has 0 radical (unpaired) electrons. The number of fused-ring (bicyclic) bond motifs is 1. The third kappa shape index (κ3) is 2.09. The molecule has 0 spiro atoms. The summed E-state index contributed by atoms with van der Waals surface area (Å²) in [6, 6.07) is 7.72. The number of aromatic amines is 1. The molecule has 4 heteroatoms. The summed E-state index contributed by atoms with van der Waals surface area (Å²) in [6.45, 7) is 1.41. The maximum absolute atomic E-state index is 10.8. The molecule has 0 fully saturated rings. The van der Waals surface area contributed by atoms with E-state index in [-0.39, 0.29) is 5.97 Å². The molecule has 14 heavy (non-hydrogen) atoms. The quantitative estimate of drug-likeness (QED) is 0.434. The fourth-order valence-electron chi connectivity index (χ4n) is 1.51. The van der Waals surface area contributed by atoms with Crippen molar-refractivity contribution in [3.05, 3.63) is 24.3 Å². The van der Waals surface area contributed by atoms with Gasteiger partial charge in [0, 0.05) is 0 Å². The maximum atomic E-state index is 10.8. The molecule has 1 aromatic carbocycles. The second-order valence-electron chi connectivity index (χ2n) is 3.26. The van der Waals surface area contributed by atoms with Crippen molar-refractivity contribution in [2.45, 2.75) is 6.92 Å². The van der Waals surface area contributed by atoms with E-state index in [2.05, 4.69) is 4.98 Å². The fraction of sp³-hybridized carbons (Fsp3) is 0.100. The van der Waals surface area contributed by atoms with Crippen LogP contribution in [0.15, 0.2) is 24.3 Å². The van der Waals surface area contributed by atoms with Crippen molar-refractivity contribution in [2.24, 2.45) is 0 Å². The minimum atomic E-state index is -0.280. The molecule has 1 aromatic heterocycles. The second-order valence-corrected chi connectivity index (χ2v) is 4.95. The Hall–Kier alpha value is -0.134. The van der Waals surface area contributed by atoms with E-state index < -0.39 is 0 Å². The molecule has 0 bridgehead atoms. The van der Waals surface area contributed by atoms with Crippen LogP contribution >= 0.6 is 0 Å². The van der Waals surface area contributed by atoms with Gasteiger partial charge in [0.15, 0.2) is 0 Å². The van der Waals surface area contributed by atoms with E-state index >= 15 is 0 Å². The van der Waals surface area contributed by atoms with E-state index in [9.17, 15) is 4.79 Å². The molecule has 1 heterocycles. The van der Waals surface area contributed by atoms with Gasteiger partial charge in [-0.3, -0.25) is 0 Å². The number of aromatic nitrogens is 1. The number of hydrogen-bond acceptors (Lipinski definition) is 2. The second kappa shape index (κ2) is 4.16. The minimum absolute atomic E-state index is 0.280. The number of carbonyl (C=O) groups excluding carboxylic acids is 1. The molecule has 2 aromatic rings. The number of nitrogens with one attached hydrogen (secondary N) is 1. The number of carbonyl (C=O) groups is 1. The molecule has 66 valence electrons. The predicted octanol–water partition coefficient (Wildman–Crippen LogP) is 0.887. The molecule has 0 aliphatic heterocycles. The van der Waals surface area contributed by atoms with Crippen molar-refractivity contribution < 1.29 is 9.53 Å². The van der Waals surface area contributed by atoms with Crippen LogP contribution in [0.2, 0.25) is 0 Å². The molecule has 2 rings (SSSR count). The summed E-state index contributed by atoms with van der Waals surface area (Å²) in [5.74, 6) is 0.361. The van der Waals surface area contributed by atoms with E-state index in [1.54, 1.807) is 0 Å². The number of esters is 1. The van der Waals surface area contributed by atoms with Crippen molar-refractivity contribution in [1.82, 2.24) is 4.98 Å². The van der Waals surface area contributed by atoms with Crippen LogP contribution in [0.1, 0.15) is 6.92 Å². The van der Waals surface area contributed by atoms with Crippen LogP contribution in [0.25, 0.3) is 10.9 Å². The summed E-state index contributed by atoms with van der Waals surface area (Å²) in [7, 11) is 0. The Bertz CT molecular complexity index is 490. The molecular weight excluding hydrogens is 205 g/mol. The van der Waals surface area contributed by atoms with Crippen LogP contribution in [0.4, 0.5) is 0 Å². The Balaban J connectivity index is 2.58. The number of benzene rings is 1. The summed E-state index contributed by atoms with van der Waals surface area (Å²) < 4.78 is 6.35. The average Bonchev–Trinajstić information content (AvgIpc) is 2.45. The average molecular weight is 213 g/mol. The van der Waals surface area contributed by atoms with Crippen LogP contribution in [0.3, 0.4) is 0 Å². The molecule has 0 aliphatic rings. The van der Waals surface area contributed by atoms with Crippen LogP contribution in [-0.2, 0) is 4.79 Å². The van der Waals surface area contributed by atoms with Gasteiger partial charge in [0.25, 0.3) is 0 Å². The zero-order valence-corrected chi connectivity index (χ0v) is 11.2. The third-order valence-electron chi connectivity index (χ3n) is 2.01. The first-order valence-electron chi connectivity index (χ1n) is 4.43. The molecule has 0 saturated carbocycles. The molecule has 0 atom stereocenters. The van der Waals surface area contributed by atoms with Crippen LogP contribution in [-0.4, -0.2) is 59.9 Å². The predicted molar refractivity (Wildman–Crippen MR) is 55.0 cm³/mol. The van der Waals surface area contributed by atoms with E-state index in [1.165, 1.54) is 6.71 Å². The molecule has 0 amide bonds. The SMILES string of the molecule is CC(=O)Oc1cccc2[nH][c]([K])cc12. The number of hydrogen-bond donors (Lipinski definition) is 1. The van der Waals surface area contributed by atoms with Crippen molar-refractivity contribution in [1.29, 1.82) is 0 Å². The van der Waals surface area contributed by atoms with Gasteiger partial charge in [0.2, 0.25) is 0 Å². The van der Waals surface area contributed by atoms with Gasteiger partial charge in [-0.15, -0.1) is 0 Å². The number of rotatable bonds is 1. The Kier molecular flexibility index (Phi) is 3.09. The van der Waals surface area contributed by atoms with Crippen LogP contribution in [0.5, 0.6) is 5.75 Å². The zero-order valence-electron chi connectivity index (χ0n) is 8.13. The number of ether oxygens (including phenoxy) is 1. The first kappa shape index (κ1) is 10.4. The van der Waals surface area contributed by atoms with E-state index in [4.69, 9.17) is 4.74 Å². The topological polar surface area (TPSA) is 42.1 Å². The Labute approximate surface area is 115 Å². The van der Waals surface area contributed by atoms with Gasteiger partial charge in [-0.2, -0.15) is 0 Å². The number of H-pyrrole nitrogens is 1. The monoisotopic (exact) mass is 213 g/mol. The van der Waals surface area contributed by atoms with E-state index in [0.29, 0.717) is 54.7 Å². The molecule has 0 unspecified atom stereocenters. The molecule has 0 aliphatic carbocycles. The standard InChI is InChI=1S/C10H8NO2.K/c1-7(12)13-10-4-2-3-9-8(10)5-6-11-9;/h2-5,11H,1H3;. The van der Waals surface area contributed by atoms with E-state index in [1.807, 2.05) is 24.3 Å². The van der Waals surface area contributed by atoms with Crippen molar-refractivity contribution in [2.75, 3.05) is 0 Å². The van der Waals surface area contributed by atoms with Gasteiger partial charge in [0.1, 0.15) is 0 Å². The molecule has 1 N–H and O–H groups in total. The van der Waals surface area contributed by atoms with Crippen LogP contribution in [0, 0.1) is 0 Å². The van der Waals surface area contributed by atoms with Crippen molar-refractivity contribution in [3.8, 4) is 5.75 Å². The first-order valence-corrected chi connectivity index (χ1v) is 6.00. The Morgan fingerprint density at radius 1 is 1.50 bits per heavy atom. The normalized spacial score (nSPS) is 10.5. The third-order valence-corrected chi connectivity index (χ3v) is 2.85. The summed E-state index contributed by atoms with van der Waals surface area (Å²) >= 11 is 0.611. The summed E-state index contributed by atoms with van der Waals surface area (Å²) in [5.41, 5.74) is 1.03. The Morgan fingerprint density at radius 3 is 3.00 bits per heavy atom. The van der Waals surface area contributed by atoms with E-state index in [0.717, 1.165) is 10.9 Å². The van der Waals surface area contributed by atoms with Crippen molar-refractivity contribution >= 4 is 65.6 Å². The first-order chi connectivity index (χ1) is 6.66. The van der Waals surface area contributed by atoms with Gasteiger partial charge in [-0.25, -0.2) is 0 Å². The summed E-state index contributed by atoms with van der Waals surface area (Å²) in [4.78, 5) is 14.1. The van der Waals surface area contributed by atoms with Gasteiger partial charge in [-0.1, -0.05) is 0 Å². The molecule has 3 nitrogen and oxygen atoms in total. The van der Waals surface area contributed by atoms with Gasteiger partial charge < -0.3 is 0 Å². The summed E-state index contributed by atoms with van der Waals surface area (Å²) in [5, 5.41) is 0.992. The van der Waals surface area contributed by atoms with Gasteiger partial charge in [0.05, 0.1) is 0 Å². The van der Waals surface area contributed by atoms with Crippen molar-refractivity contribution in [3.63, 3.8) is 0 Å². The Morgan fingerprint density at radius 2 is 2.29 bits per heavy atom.